The van der Waals surface area contributed by atoms with E-state index in [9.17, 15) is 13.6 Å². The van der Waals surface area contributed by atoms with E-state index < -0.39 is 17.7 Å². The molecule has 3 nitrogen and oxygen atoms in total. The van der Waals surface area contributed by atoms with Crippen LogP contribution in [0.3, 0.4) is 0 Å². The molecule has 94 valence electrons. The maximum atomic E-state index is 13.6. The minimum atomic E-state index is -0.695. The van der Waals surface area contributed by atoms with Gasteiger partial charge in [0.25, 0.3) is 0 Å². The molecule has 1 aromatic rings. The predicted octanol–water partition coefficient (Wildman–Crippen LogP) is 2.34. The first kappa shape index (κ1) is 13.6. The number of ketones is 1. The van der Waals surface area contributed by atoms with E-state index >= 15 is 0 Å². The van der Waals surface area contributed by atoms with Crippen molar-refractivity contribution >= 4 is 5.78 Å². The summed E-state index contributed by atoms with van der Waals surface area (Å²) in [6, 6.07) is 1.27. The Bertz CT molecular complexity index is 421. The fraction of sp³-hybridized carbons (Fsp3) is 0.417. The van der Waals surface area contributed by atoms with Gasteiger partial charge in [0.05, 0.1) is 7.11 Å². The van der Waals surface area contributed by atoms with Crippen LogP contribution in [-0.4, -0.2) is 12.9 Å². The highest BCUT2D eigenvalue weighted by Crippen LogP contribution is 2.26. The van der Waals surface area contributed by atoms with Gasteiger partial charge in [0.1, 0.15) is 11.6 Å². The number of carbonyl (C=O) groups excluding carboxylic acids is 1. The topological polar surface area (TPSA) is 52.3 Å². The number of hydrogen-bond acceptors (Lipinski definition) is 3. The van der Waals surface area contributed by atoms with E-state index in [-0.39, 0.29) is 29.9 Å². The molecule has 2 N–H and O–H groups in total. The monoisotopic (exact) mass is 243 g/mol. The number of halogens is 2. The third-order valence-electron chi connectivity index (χ3n) is 2.48. The van der Waals surface area contributed by atoms with Gasteiger partial charge in [-0.1, -0.05) is 0 Å². The molecule has 1 rings (SSSR count). The standard InChI is InChI=1S/C12H15F2NO2/c1-7(16)3-4-11(15)8-5-10(14)12(17-2)6-9(8)13/h5-6,11H,3-4,15H2,1-2H3. The van der Waals surface area contributed by atoms with Crippen molar-refractivity contribution in [2.45, 2.75) is 25.8 Å². The lowest BCUT2D eigenvalue weighted by Gasteiger charge is -2.13. The van der Waals surface area contributed by atoms with Crippen molar-refractivity contribution in [2.24, 2.45) is 5.73 Å². The second-order valence-electron chi connectivity index (χ2n) is 3.86. The van der Waals surface area contributed by atoms with Crippen LogP contribution in [0.1, 0.15) is 31.4 Å². The number of benzene rings is 1. The molecule has 1 aromatic carbocycles. The Balaban J connectivity index is 2.90. The fourth-order valence-corrected chi connectivity index (χ4v) is 1.50. The smallest absolute Gasteiger partial charge is 0.165 e. The van der Waals surface area contributed by atoms with Crippen molar-refractivity contribution in [3.63, 3.8) is 0 Å². The molecule has 5 heteroatoms. The highest BCUT2D eigenvalue weighted by atomic mass is 19.1. The molecule has 1 atom stereocenters. The van der Waals surface area contributed by atoms with Gasteiger partial charge in [0.2, 0.25) is 0 Å². The summed E-state index contributed by atoms with van der Waals surface area (Å²) in [7, 11) is 1.26. The molecule has 0 aliphatic heterocycles. The van der Waals surface area contributed by atoms with Gasteiger partial charge in [-0.3, -0.25) is 0 Å². The number of nitrogens with two attached hydrogens (primary N) is 1. The lowest BCUT2D eigenvalue weighted by molar-refractivity contribution is -0.117. The van der Waals surface area contributed by atoms with Crippen LogP contribution in [0, 0.1) is 11.6 Å². The van der Waals surface area contributed by atoms with Crippen LogP contribution in [-0.2, 0) is 4.79 Å². The Morgan fingerprint density at radius 2 is 2.06 bits per heavy atom. The second kappa shape index (κ2) is 5.72. The molecule has 0 aliphatic rings. The first-order valence-electron chi connectivity index (χ1n) is 5.23. The van der Waals surface area contributed by atoms with Crippen molar-refractivity contribution in [1.82, 2.24) is 0 Å². The highest BCUT2D eigenvalue weighted by molar-refractivity contribution is 5.75. The Morgan fingerprint density at radius 3 is 2.59 bits per heavy atom. The van der Waals surface area contributed by atoms with Gasteiger partial charge in [0, 0.05) is 24.1 Å². The van der Waals surface area contributed by atoms with Gasteiger partial charge in [-0.2, -0.15) is 0 Å². The van der Waals surface area contributed by atoms with E-state index in [2.05, 4.69) is 4.74 Å². The average molecular weight is 243 g/mol. The van der Waals surface area contributed by atoms with Crippen molar-refractivity contribution in [2.75, 3.05) is 7.11 Å². The van der Waals surface area contributed by atoms with Gasteiger partial charge in [-0.25, -0.2) is 8.78 Å². The minimum Gasteiger partial charge on any atom is -0.494 e. The van der Waals surface area contributed by atoms with E-state index in [0.717, 1.165) is 12.1 Å². The number of carbonyl (C=O) groups is 1. The molecule has 0 fully saturated rings. The van der Waals surface area contributed by atoms with Crippen LogP contribution >= 0.6 is 0 Å². The number of rotatable bonds is 5. The molecule has 0 spiro atoms. The summed E-state index contributed by atoms with van der Waals surface area (Å²) in [5.41, 5.74) is 5.76. The summed E-state index contributed by atoms with van der Waals surface area (Å²) in [6.07, 6.45) is 0.534. The third kappa shape index (κ3) is 3.49. The summed E-state index contributed by atoms with van der Waals surface area (Å²) in [4.78, 5) is 10.8. The Kier molecular flexibility index (Phi) is 4.57. The zero-order valence-electron chi connectivity index (χ0n) is 9.80. The third-order valence-corrected chi connectivity index (χ3v) is 2.48. The summed E-state index contributed by atoms with van der Waals surface area (Å²) in [6.45, 7) is 1.43. The van der Waals surface area contributed by atoms with E-state index in [1.54, 1.807) is 0 Å². The van der Waals surface area contributed by atoms with Crippen LogP contribution in [0.4, 0.5) is 8.78 Å². The van der Waals surface area contributed by atoms with Crippen LogP contribution in [0.2, 0.25) is 0 Å². The van der Waals surface area contributed by atoms with Crippen molar-refractivity contribution in [3.05, 3.63) is 29.3 Å². The maximum Gasteiger partial charge on any atom is 0.165 e. The normalized spacial score (nSPS) is 12.3. The van der Waals surface area contributed by atoms with Crippen molar-refractivity contribution < 1.29 is 18.3 Å². The molecule has 0 aliphatic carbocycles. The summed E-state index contributed by atoms with van der Waals surface area (Å²) in [5, 5.41) is 0. The molecular formula is C12H15F2NO2. The van der Waals surface area contributed by atoms with Crippen molar-refractivity contribution in [1.29, 1.82) is 0 Å². The quantitative estimate of drug-likeness (QED) is 0.863. The Hall–Kier alpha value is -1.49. The van der Waals surface area contributed by atoms with E-state index in [0.29, 0.717) is 0 Å². The summed E-state index contributed by atoms with van der Waals surface area (Å²) < 4.78 is 31.6. The van der Waals surface area contributed by atoms with Gasteiger partial charge in [0.15, 0.2) is 11.6 Å². The molecular weight excluding hydrogens is 228 g/mol. The molecule has 0 radical (unpaired) electrons. The Labute approximate surface area is 98.6 Å². The first-order valence-corrected chi connectivity index (χ1v) is 5.23. The number of hydrogen-bond donors (Lipinski definition) is 1. The summed E-state index contributed by atoms with van der Waals surface area (Å²) >= 11 is 0. The van der Waals surface area contributed by atoms with E-state index in [1.165, 1.54) is 14.0 Å². The molecule has 0 heterocycles. The maximum absolute atomic E-state index is 13.6. The van der Waals surface area contributed by atoms with Gasteiger partial charge in [-0.15, -0.1) is 0 Å². The lowest BCUT2D eigenvalue weighted by atomic mass is 10.0. The molecule has 1 unspecified atom stereocenters. The van der Waals surface area contributed by atoms with E-state index in [4.69, 9.17) is 5.73 Å². The molecule has 0 saturated carbocycles. The number of Topliss-reactive ketones (excluding diaryl/α,β-unsaturated/α-hetero) is 1. The van der Waals surface area contributed by atoms with Gasteiger partial charge >= 0.3 is 0 Å². The zero-order valence-corrected chi connectivity index (χ0v) is 9.80. The molecule has 0 bridgehead atoms. The minimum absolute atomic E-state index is 0.0326. The molecule has 0 saturated heterocycles. The highest BCUT2D eigenvalue weighted by Gasteiger charge is 2.16. The number of ether oxygens (including phenoxy) is 1. The lowest BCUT2D eigenvalue weighted by Crippen LogP contribution is -2.14. The zero-order chi connectivity index (χ0) is 13.0. The number of methoxy groups -OCH3 is 1. The van der Waals surface area contributed by atoms with Gasteiger partial charge < -0.3 is 15.3 Å². The first-order chi connectivity index (χ1) is 7.95. The van der Waals surface area contributed by atoms with Gasteiger partial charge in [-0.05, 0) is 19.4 Å². The fourth-order valence-electron chi connectivity index (χ4n) is 1.50. The van der Waals surface area contributed by atoms with Crippen LogP contribution in [0.25, 0.3) is 0 Å². The SMILES string of the molecule is COc1cc(F)c(C(N)CCC(C)=O)cc1F. The van der Waals surface area contributed by atoms with E-state index in [1.807, 2.05) is 0 Å². The van der Waals surface area contributed by atoms with Crippen LogP contribution in [0.15, 0.2) is 12.1 Å². The van der Waals surface area contributed by atoms with Crippen LogP contribution in [0.5, 0.6) is 5.75 Å². The average Bonchev–Trinajstić information content (AvgIpc) is 2.28. The molecule has 17 heavy (non-hydrogen) atoms. The van der Waals surface area contributed by atoms with Crippen molar-refractivity contribution in [3.8, 4) is 5.75 Å². The van der Waals surface area contributed by atoms with Crippen LogP contribution < -0.4 is 10.5 Å². The predicted molar refractivity (Wildman–Crippen MR) is 59.8 cm³/mol. The second-order valence-corrected chi connectivity index (χ2v) is 3.86. The molecule has 0 aromatic heterocycles. The largest absolute Gasteiger partial charge is 0.494 e. The summed E-state index contributed by atoms with van der Waals surface area (Å²) in [5.74, 6) is -1.48. The Morgan fingerprint density at radius 1 is 1.41 bits per heavy atom. The molecule has 0 amide bonds.